The fourth-order valence-electron chi connectivity index (χ4n) is 3.85. The zero-order chi connectivity index (χ0) is 14.4. The van der Waals surface area contributed by atoms with Crippen LogP contribution in [0.25, 0.3) is 5.69 Å². The van der Waals surface area contributed by atoms with E-state index in [4.69, 9.17) is 4.74 Å². The predicted molar refractivity (Wildman–Crippen MR) is 78.9 cm³/mol. The maximum absolute atomic E-state index is 12.2. The number of para-hydroxylation sites is 1. The Kier molecular flexibility index (Phi) is 2.84. The number of fused-ring (bicyclic) bond motifs is 5. The average Bonchev–Trinajstić information content (AvgIpc) is 3.20. The summed E-state index contributed by atoms with van der Waals surface area (Å²) >= 11 is 0. The van der Waals surface area contributed by atoms with E-state index in [1.54, 1.807) is 0 Å². The lowest BCUT2D eigenvalue weighted by Crippen LogP contribution is -2.09. The number of carbonyl (C=O) groups is 1. The van der Waals surface area contributed by atoms with Crippen LogP contribution in [0, 0.1) is 0 Å². The van der Waals surface area contributed by atoms with Crippen molar-refractivity contribution >= 4 is 5.97 Å². The summed E-state index contributed by atoms with van der Waals surface area (Å²) in [6, 6.07) is 10.1. The van der Waals surface area contributed by atoms with Gasteiger partial charge in [-0.2, -0.15) is 5.10 Å². The number of nitrogens with zero attached hydrogens (tertiary/aromatic N) is 2. The van der Waals surface area contributed by atoms with Crippen molar-refractivity contribution in [2.45, 2.75) is 38.0 Å². The van der Waals surface area contributed by atoms with Crippen LogP contribution in [-0.2, 0) is 4.74 Å². The molecule has 2 bridgehead atoms. The van der Waals surface area contributed by atoms with Gasteiger partial charge in [-0.05, 0) is 44.2 Å². The lowest BCUT2D eigenvalue weighted by Gasteiger charge is -2.13. The van der Waals surface area contributed by atoms with E-state index < -0.39 is 0 Å². The zero-order valence-corrected chi connectivity index (χ0v) is 12.1. The van der Waals surface area contributed by atoms with Crippen molar-refractivity contribution in [3.05, 3.63) is 47.3 Å². The molecule has 1 heterocycles. The average molecular weight is 282 g/mol. The molecule has 2 unspecified atom stereocenters. The number of aromatic nitrogens is 2. The van der Waals surface area contributed by atoms with E-state index >= 15 is 0 Å². The van der Waals surface area contributed by atoms with Gasteiger partial charge in [-0.25, -0.2) is 9.48 Å². The van der Waals surface area contributed by atoms with Gasteiger partial charge in [0.2, 0.25) is 0 Å². The van der Waals surface area contributed by atoms with Gasteiger partial charge in [-0.1, -0.05) is 18.2 Å². The Morgan fingerprint density at radius 3 is 2.81 bits per heavy atom. The van der Waals surface area contributed by atoms with Crippen LogP contribution in [0.1, 0.15) is 59.8 Å². The fourth-order valence-corrected chi connectivity index (χ4v) is 3.85. The highest BCUT2D eigenvalue weighted by molar-refractivity contribution is 5.90. The van der Waals surface area contributed by atoms with Crippen LogP contribution < -0.4 is 0 Å². The number of ether oxygens (including phenoxy) is 1. The van der Waals surface area contributed by atoms with Crippen molar-refractivity contribution in [1.29, 1.82) is 0 Å². The van der Waals surface area contributed by atoms with Crippen LogP contribution in [0.4, 0.5) is 0 Å². The number of esters is 1. The smallest absolute Gasteiger partial charge is 0.359 e. The summed E-state index contributed by atoms with van der Waals surface area (Å²) in [5.41, 5.74) is 3.94. The molecule has 21 heavy (non-hydrogen) atoms. The second-order valence-electron chi connectivity index (χ2n) is 5.82. The summed E-state index contributed by atoms with van der Waals surface area (Å²) in [5.74, 6) is 0.749. The molecule has 0 aliphatic heterocycles. The number of rotatable bonds is 3. The number of hydrogen-bond acceptors (Lipinski definition) is 3. The Morgan fingerprint density at radius 2 is 2.05 bits per heavy atom. The van der Waals surface area contributed by atoms with Crippen LogP contribution in [0.15, 0.2) is 30.3 Å². The minimum Gasteiger partial charge on any atom is -0.461 e. The van der Waals surface area contributed by atoms with Crippen molar-refractivity contribution < 1.29 is 9.53 Å². The third-order valence-corrected chi connectivity index (χ3v) is 4.66. The molecule has 1 saturated carbocycles. The minimum absolute atomic E-state index is 0.281. The monoisotopic (exact) mass is 282 g/mol. The van der Waals surface area contributed by atoms with Gasteiger partial charge in [-0.3, -0.25) is 0 Å². The molecule has 0 spiro atoms. The molecule has 0 N–H and O–H groups in total. The molecule has 0 saturated heterocycles. The van der Waals surface area contributed by atoms with Gasteiger partial charge in [-0.15, -0.1) is 0 Å². The quantitative estimate of drug-likeness (QED) is 0.810. The van der Waals surface area contributed by atoms with E-state index in [0.717, 1.165) is 17.7 Å². The van der Waals surface area contributed by atoms with E-state index in [1.165, 1.54) is 18.5 Å². The molecule has 2 aromatic rings. The van der Waals surface area contributed by atoms with E-state index in [2.05, 4.69) is 5.10 Å². The van der Waals surface area contributed by atoms with E-state index in [0.29, 0.717) is 24.1 Å². The molecule has 4 rings (SSSR count). The first kappa shape index (κ1) is 12.6. The summed E-state index contributed by atoms with van der Waals surface area (Å²) < 4.78 is 7.16. The second-order valence-corrected chi connectivity index (χ2v) is 5.82. The van der Waals surface area contributed by atoms with Crippen LogP contribution in [0.5, 0.6) is 0 Å². The highest BCUT2D eigenvalue weighted by Gasteiger charge is 2.44. The molecule has 1 aromatic heterocycles. The van der Waals surface area contributed by atoms with Gasteiger partial charge in [0.15, 0.2) is 5.69 Å². The van der Waals surface area contributed by atoms with E-state index in [-0.39, 0.29) is 5.97 Å². The maximum atomic E-state index is 12.2. The first-order valence-corrected chi connectivity index (χ1v) is 7.65. The number of carbonyl (C=O) groups excluding carboxylic acids is 1. The first-order valence-electron chi connectivity index (χ1n) is 7.65. The van der Waals surface area contributed by atoms with Crippen molar-refractivity contribution in [3.63, 3.8) is 0 Å². The Labute approximate surface area is 123 Å². The lowest BCUT2D eigenvalue weighted by molar-refractivity contribution is 0.0517. The molecule has 4 heteroatoms. The fraction of sp³-hybridized carbons (Fsp3) is 0.412. The molecular weight excluding hydrogens is 264 g/mol. The van der Waals surface area contributed by atoms with Gasteiger partial charge >= 0.3 is 5.97 Å². The molecule has 2 atom stereocenters. The van der Waals surface area contributed by atoms with Gasteiger partial charge in [0.05, 0.1) is 18.0 Å². The third kappa shape index (κ3) is 1.82. The molecule has 1 fully saturated rings. The van der Waals surface area contributed by atoms with Gasteiger partial charge in [0.25, 0.3) is 0 Å². The van der Waals surface area contributed by atoms with Crippen LogP contribution >= 0.6 is 0 Å². The zero-order valence-electron chi connectivity index (χ0n) is 12.1. The summed E-state index contributed by atoms with van der Waals surface area (Å²) in [7, 11) is 0. The predicted octanol–water partition coefficient (Wildman–Crippen LogP) is 3.41. The van der Waals surface area contributed by atoms with Crippen LogP contribution in [0.2, 0.25) is 0 Å². The lowest BCUT2D eigenvalue weighted by atomic mass is 9.95. The van der Waals surface area contributed by atoms with Crippen LogP contribution in [-0.4, -0.2) is 22.4 Å². The summed E-state index contributed by atoms with van der Waals surface area (Å²) in [6.07, 6.45) is 3.54. The van der Waals surface area contributed by atoms with Gasteiger partial charge in [0.1, 0.15) is 0 Å². The first-order chi connectivity index (χ1) is 10.3. The minimum atomic E-state index is -0.281. The largest absolute Gasteiger partial charge is 0.461 e. The molecule has 2 aliphatic rings. The summed E-state index contributed by atoms with van der Waals surface area (Å²) in [5, 5.41) is 4.60. The molecule has 4 nitrogen and oxygen atoms in total. The molecule has 0 radical (unpaired) electrons. The Bertz CT molecular complexity index is 690. The van der Waals surface area contributed by atoms with Gasteiger partial charge in [0, 0.05) is 11.5 Å². The third-order valence-electron chi connectivity index (χ3n) is 4.66. The summed E-state index contributed by atoms with van der Waals surface area (Å²) in [4.78, 5) is 12.2. The highest BCUT2D eigenvalue weighted by Crippen LogP contribution is 2.54. The Balaban J connectivity index is 1.88. The Hall–Kier alpha value is -2.10. The normalized spacial score (nSPS) is 22.3. The second kappa shape index (κ2) is 4.72. The highest BCUT2D eigenvalue weighted by atomic mass is 16.5. The Morgan fingerprint density at radius 1 is 1.29 bits per heavy atom. The summed E-state index contributed by atoms with van der Waals surface area (Å²) in [6.45, 7) is 2.22. The van der Waals surface area contributed by atoms with Crippen molar-refractivity contribution in [3.8, 4) is 5.69 Å². The van der Waals surface area contributed by atoms with E-state index in [1.807, 2.05) is 41.9 Å². The van der Waals surface area contributed by atoms with Crippen molar-refractivity contribution in [2.75, 3.05) is 6.61 Å². The number of hydrogen-bond donors (Lipinski definition) is 0. The number of benzene rings is 1. The van der Waals surface area contributed by atoms with E-state index in [9.17, 15) is 4.79 Å². The molecule has 2 aliphatic carbocycles. The van der Waals surface area contributed by atoms with Crippen molar-refractivity contribution in [1.82, 2.24) is 9.78 Å². The topological polar surface area (TPSA) is 44.1 Å². The molecule has 0 amide bonds. The van der Waals surface area contributed by atoms with Gasteiger partial charge < -0.3 is 4.74 Å². The molecular formula is C17H18N2O2. The van der Waals surface area contributed by atoms with Crippen molar-refractivity contribution in [2.24, 2.45) is 0 Å². The SMILES string of the molecule is CCOC(=O)c1nn(-c2ccccc2)c2c1C1CCC2C1. The molecule has 1 aromatic carbocycles. The molecule has 108 valence electrons. The van der Waals surface area contributed by atoms with Crippen LogP contribution in [0.3, 0.4) is 0 Å². The maximum Gasteiger partial charge on any atom is 0.359 e. The standard InChI is InChI=1S/C17H18N2O2/c1-2-21-17(20)15-14-11-8-9-12(10-11)16(14)19(18-15)13-6-4-3-5-7-13/h3-7,11-12H,2,8-10H2,1H3.